The molecule has 0 aromatic heterocycles. The Morgan fingerprint density at radius 1 is 0.270 bits per heavy atom. The average molecular weight is 1040 g/mol. The lowest BCUT2D eigenvalue weighted by Gasteiger charge is -2.18. The van der Waals surface area contributed by atoms with Crippen molar-refractivity contribution in [2.75, 3.05) is 13.2 Å². The Kier molecular flexibility index (Phi) is 61.6. The fraction of sp³-hybridized carbons (Fsp3) is 0.897. The van der Waals surface area contributed by atoms with Crippen LogP contribution in [0.4, 0.5) is 0 Å². The molecule has 0 radical (unpaired) electrons. The standard InChI is InChI=1S/C68H128O6/c1-4-7-10-13-16-19-22-24-26-27-28-29-30-31-32-33-34-35-36-37-38-39-40-41-42-43-45-46-49-52-55-58-61-67(70)73-64-65(63-72-66(69)60-57-54-51-48-21-18-15-12-9-6-3)74-68(71)62-59-56-53-50-47-44-25-23-20-17-14-11-8-5-2/h14,17,23,25,65H,4-13,15-16,18-22,24,26-64H2,1-3H3/b17-14-,25-23-. The van der Waals surface area contributed by atoms with Gasteiger partial charge in [-0.15, -0.1) is 0 Å². The summed E-state index contributed by atoms with van der Waals surface area (Å²) < 4.78 is 16.9. The van der Waals surface area contributed by atoms with Crippen molar-refractivity contribution in [3.05, 3.63) is 24.3 Å². The molecule has 0 aliphatic carbocycles. The Morgan fingerprint density at radius 2 is 0.500 bits per heavy atom. The molecule has 0 spiro atoms. The second kappa shape index (κ2) is 63.4. The fourth-order valence-corrected chi connectivity index (χ4v) is 10.2. The Balaban J connectivity index is 4.01. The van der Waals surface area contributed by atoms with E-state index in [-0.39, 0.29) is 31.1 Å². The highest BCUT2D eigenvalue weighted by molar-refractivity contribution is 5.71. The van der Waals surface area contributed by atoms with Gasteiger partial charge in [-0.3, -0.25) is 14.4 Å². The molecular weight excluding hydrogens is 913 g/mol. The molecule has 436 valence electrons. The maximum atomic E-state index is 12.8. The lowest BCUT2D eigenvalue weighted by molar-refractivity contribution is -0.167. The lowest BCUT2D eigenvalue weighted by Crippen LogP contribution is -2.30. The third-order valence-corrected chi connectivity index (χ3v) is 15.2. The largest absolute Gasteiger partial charge is 0.462 e. The van der Waals surface area contributed by atoms with Crippen LogP contribution in [0.3, 0.4) is 0 Å². The number of carbonyl (C=O) groups excluding carboxylic acids is 3. The summed E-state index contributed by atoms with van der Waals surface area (Å²) in [5.41, 5.74) is 0. The molecular formula is C68H128O6. The second-order valence-corrected chi connectivity index (χ2v) is 22.7. The molecule has 0 aliphatic heterocycles. The van der Waals surface area contributed by atoms with Crippen molar-refractivity contribution in [1.82, 2.24) is 0 Å². The summed E-state index contributed by atoms with van der Waals surface area (Å²) >= 11 is 0. The summed E-state index contributed by atoms with van der Waals surface area (Å²) in [6, 6.07) is 0. The third-order valence-electron chi connectivity index (χ3n) is 15.2. The maximum Gasteiger partial charge on any atom is 0.306 e. The normalized spacial score (nSPS) is 12.1. The minimum absolute atomic E-state index is 0.0716. The number of unbranched alkanes of at least 4 members (excludes halogenated alkanes) is 47. The van der Waals surface area contributed by atoms with Gasteiger partial charge in [-0.25, -0.2) is 0 Å². The van der Waals surface area contributed by atoms with Gasteiger partial charge in [0.1, 0.15) is 13.2 Å². The lowest BCUT2D eigenvalue weighted by atomic mass is 10.0. The van der Waals surface area contributed by atoms with Gasteiger partial charge in [0.25, 0.3) is 0 Å². The molecule has 0 saturated heterocycles. The Labute approximate surface area is 462 Å². The molecule has 0 heterocycles. The van der Waals surface area contributed by atoms with Crippen LogP contribution >= 0.6 is 0 Å². The van der Waals surface area contributed by atoms with Gasteiger partial charge in [-0.05, 0) is 44.9 Å². The molecule has 0 amide bonds. The van der Waals surface area contributed by atoms with E-state index in [4.69, 9.17) is 14.2 Å². The van der Waals surface area contributed by atoms with Gasteiger partial charge >= 0.3 is 17.9 Å². The van der Waals surface area contributed by atoms with Crippen LogP contribution in [0.5, 0.6) is 0 Å². The Morgan fingerprint density at radius 3 is 0.784 bits per heavy atom. The van der Waals surface area contributed by atoms with E-state index in [2.05, 4.69) is 45.1 Å². The molecule has 1 atom stereocenters. The smallest absolute Gasteiger partial charge is 0.306 e. The number of rotatable bonds is 62. The highest BCUT2D eigenvalue weighted by atomic mass is 16.6. The number of hydrogen-bond donors (Lipinski definition) is 0. The fourth-order valence-electron chi connectivity index (χ4n) is 10.2. The quantitative estimate of drug-likeness (QED) is 0.0261. The average Bonchev–Trinajstić information content (AvgIpc) is 3.40. The maximum absolute atomic E-state index is 12.8. The first-order chi connectivity index (χ1) is 36.5. The number of hydrogen-bond acceptors (Lipinski definition) is 6. The highest BCUT2D eigenvalue weighted by Crippen LogP contribution is 2.18. The first-order valence-corrected chi connectivity index (χ1v) is 33.3. The Bertz CT molecular complexity index is 1190. The van der Waals surface area contributed by atoms with Gasteiger partial charge in [-0.2, -0.15) is 0 Å². The van der Waals surface area contributed by atoms with E-state index in [1.165, 1.54) is 250 Å². The first kappa shape index (κ1) is 71.9. The summed E-state index contributed by atoms with van der Waals surface area (Å²) in [5, 5.41) is 0. The van der Waals surface area contributed by atoms with Crippen LogP contribution in [0, 0.1) is 0 Å². The molecule has 0 rings (SSSR count). The van der Waals surface area contributed by atoms with Crippen LogP contribution < -0.4 is 0 Å². The molecule has 0 aromatic carbocycles. The SMILES string of the molecule is CCCC/C=C\C/C=C\CCCCCCCC(=O)OC(COC(=O)CCCCCCCCCCCC)COC(=O)CCCCCCCCCCCCCCCCCCCCCCCCCCCCCCCCCC. The van der Waals surface area contributed by atoms with E-state index in [0.717, 1.165) is 83.5 Å². The monoisotopic (exact) mass is 1040 g/mol. The third kappa shape index (κ3) is 60.8. The van der Waals surface area contributed by atoms with Gasteiger partial charge in [0, 0.05) is 19.3 Å². The molecule has 1 unspecified atom stereocenters. The molecule has 6 heteroatoms. The van der Waals surface area contributed by atoms with E-state index < -0.39 is 6.10 Å². The molecule has 74 heavy (non-hydrogen) atoms. The summed E-state index contributed by atoms with van der Waals surface area (Å²) in [6.07, 6.45) is 76.6. The van der Waals surface area contributed by atoms with E-state index in [9.17, 15) is 14.4 Å². The first-order valence-electron chi connectivity index (χ1n) is 33.3. The van der Waals surface area contributed by atoms with Crippen molar-refractivity contribution in [3.8, 4) is 0 Å². The second-order valence-electron chi connectivity index (χ2n) is 22.7. The number of carbonyl (C=O) groups is 3. The zero-order valence-electron chi connectivity index (χ0n) is 50.1. The number of allylic oxidation sites excluding steroid dienone is 4. The van der Waals surface area contributed by atoms with Crippen molar-refractivity contribution in [2.24, 2.45) is 0 Å². The molecule has 0 saturated carbocycles. The van der Waals surface area contributed by atoms with Crippen LogP contribution in [0.2, 0.25) is 0 Å². The summed E-state index contributed by atoms with van der Waals surface area (Å²) in [4.78, 5) is 38.1. The van der Waals surface area contributed by atoms with E-state index in [1.54, 1.807) is 0 Å². The van der Waals surface area contributed by atoms with Crippen molar-refractivity contribution >= 4 is 17.9 Å². The summed E-state index contributed by atoms with van der Waals surface area (Å²) in [6.45, 7) is 6.63. The van der Waals surface area contributed by atoms with Gasteiger partial charge in [0.05, 0.1) is 0 Å². The molecule has 0 aliphatic rings. The molecule has 0 N–H and O–H groups in total. The topological polar surface area (TPSA) is 78.9 Å². The van der Waals surface area contributed by atoms with E-state index in [0.29, 0.717) is 19.3 Å². The minimum atomic E-state index is -0.774. The predicted octanol–water partition coefficient (Wildman–Crippen LogP) is 22.6. The predicted molar refractivity (Wildman–Crippen MR) is 321 cm³/mol. The molecule has 0 bridgehead atoms. The van der Waals surface area contributed by atoms with Crippen molar-refractivity contribution in [1.29, 1.82) is 0 Å². The van der Waals surface area contributed by atoms with E-state index >= 15 is 0 Å². The van der Waals surface area contributed by atoms with Crippen LogP contribution in [-0.2, 0) is 28.6 Å². The van der Waals surface area contributed by atoms with E-state index in [1.807, 2.05) is 0 Å². The van der Waals surface area contributed by atoms with Crippen molar-refractivity contribution in [3.63, 3.8) is 0 Å². The van der Waals surface area contributed by atoms with Crippen LogP contribution in [-0.4, -0.2) is 37.2 Å². The van der Waals surface area contributed by atoms with Gasteiger partial charge < -0.3 is 14.2 Å². The van der Waals surface area contributed by atoms with Gasteiger partial charge in [-0.1, -0.05) is 334 Å². The highest BCUT2D eigenvalue weighted by Gasteiger charge is 2.19. The molecule has 0 aromatic rings. The zero-order chi connectivity index (χ0) is 53.6. The number of esters is 3. The summed E-state index contributed by atoms with van der Waals surface area (Å²) in [5.74, 6) is -0.865. The van der Waals surface area contributed by atoms with Crippen LogP contribution in [0.1, 0.15) is 374 Å². The minimum Gasteiger partial charge on any atom is -0.462 e. The molecule has 6 nitrogen and oxygen atoms in total. The summed E-state index contributed by atoms with van der Waals surface area (Å²) in [7, 11) is 0. The molecule has 0 fully saturated rings. The van der Waals surface area contributed by atoms with Crippen LogP contribution in [0.15, 0.2) is 24.3 Å². The van der Waals surface area contributed by atoms with Crippen LogP contribution in [0.25, 0.3) is 0 Å². The van der Waals surface area contributed by atoms with Crippen molar-refractivity contribution < 1.29 is 28.6 Å². The zero-order valence-corrected chi connectivity index (χ0v) is 50.1. The van der Waals surface area contributed by atoms with Gasteiger partial charge in [0.2, 0.25) is 0 Å². The Hall–Kier alpha value is -2.11. The number of ether oxygens (including phenoxy) is 3. The van der Waals surface area contributed by atoms with Crippen molar-refractivity contribution in [2.45, 2.75) is 380 Å². The van der Waals surface area contributed by atoms with Gasteiger partial charge in [0.15, 0.2) is 6.10 Å².